The van der Waals surface area contributed by atoms with Crippen LogP contribution in [0, 0.1) is 11.8 Å². The Bertz CT molecular complexity index is 370. The first-order valence-electron chi connectivity index (χ1n) is 7.31. The van der Waals surface area contributed by atoms with Crippen LogP contribution in [0.2, 0.25) is 0 Å². The van der Waals surface area contributed by atoms with Crippen LogP contribution in [0.1, 0.15) is 32.6 Å². The highest BCUT2D eigenvalue weighted by Gasteiger charge is 2.36. The number of ether oxygens (including phenoxy) is 1. The van der Waals surface area contributed by atoms with Crippen LogP contribution in [0.25, 0.3) is 0 Å². The Morgan fingerprint density at radius 2 is 2.10 bits per heavy atom. The summed E-state index contributed by atoms with van der Waals surface area (Å²) in [7, 11) is 1.67. The van der Waals surface area contributed by atoms with Crippen LogP contribution >= 0.6 is 0 Å². The van der Waals surface area contributed by atoms with Crippen molar-refractivity contribution in [1.29, 1.82) is 0 Å². The van der Waals surface area contributed by atoms with Crippen LogP contribution in [0.5, 0.6) is 0 Å². The third-order valence-electron chi connectivity index (χ3n) is 4.37. The molecule has 1 saturated heterocycles. The molecule has 2 fully saturated rings. The summed E-state index contributed by atoms with van der Waals surface area (Å²) < 4.78 is 5.40. The standard InChI is InChI=1S/C14H24N2O4/c1-9-5-6-16(8-12(9)20-2)14(19)15-11(7-13(17)18)10-3-4-10/h9-12H,3-8H2,1-2H3,(H,15,19)(H,17,18). The molecular formula is C14H24N2O4. The zero-order chi connectivity index (χ0) is 14.7. The lowest BCUT2D eigenvalue weighted by atomic mass is 9.96. The van der Waals surface area contributed by atoms with Crippen LogP contribution in [0.4, 0.5) is 4.79 Å². The Hall–Kier alpha value is -1.30. The lowest BCUT2D eigenvalue weighted by Gasteiger charge is -2.36. The first kappa shape index (κ1) is 15.1. The number of carbonyl (C=O) groups is 2. The third kappa shape index (κ3) is 3.85. The van der Waals surface area contributed by atoms with Gasteiger partial charge < -0.3 is 20.1 Å². The number of amides is 2. The normalized spacial score (nSPS) is 28.0. The van der Waals surface area contributed by atoms with Gasteiger partial charge in [0.25, 0.3) is 0 Å². The second-order valence-electron chi connectivity index (χ2n) is 5.98. The van der Waals surface area contributed by atoms with E-state index in [2.05, 4.69) is 12.2 Å². The smallest absolute Gasteiger partial charge is 0.317 e. The minimum absolute atomic E-state index is 0.00829. The number of aliphatic carboxylic acids is 1. The van der Waals surface area contributed by atoms with Crippen molar-refractivity contribution in [3.8, 4) is 0 Å². The number of nitrogens with one attached hydrogen (secondary N) is 1. The second kappa shape index (κ2) is 6.43. The maximum Gasteiger partial charge on any atom is 0.317 e. The average molecular weight is 284 g/mol. The molecule has 1 heterocycles. The van der Waals surface area contributed by atoms with Gasteiger partial charge in [0.1, 0.15) is 0 Å². The molecule has 114 valence electrons. The molecule has 2 amide bonds. The number of rotatable bonds is 5. The number of hydrogen-bond donors (Lipinski definition) is 2. The fraction of sp³-hybridized carbons (Fsp3) is 0.857. The molecule has 2 rings (SSSR count). The molecule has 0 radical (unpaired) electrons. The number of urea groups is 1. The van der Waals surface area contributed by atoms with E-state index in [9.17, 15) is 9.59 Å². The van der Waals surface area contributed by atoms with Gasteiger partial charge in [-0.1, -0.05) is 6.92 Å². The third-order valence-corrected chi connectivity index (χ3v) is 4.37. The van der Waals surface area contributed by atoms with Crippen molar-refractivity contribution in [3.05, 3.63) is 0 Å². The van der Waals surface area contributed by atoms with Crippen molar-refractivity contribution < 1.29 is 19.4 Å². The zero-order valence-corrected chi connectivity index (χ0v) is 12.2. The summed E-state index contributed by atoms with van der Waals surface area (Å²) in [5.74, 6) is -0.0801. The fourth-order valence-electron chi connectivity index (χ4n) is 2.80. The van der Waals surface area contributed by atoms with Gasteiger partial charge in [-0.15, -0.1) is 0 Å². The van der Waals surface area contributed by atoms with Crippen molar-refractivity contribution >= 4 is 12.0 Å². The lowest BCUT2D eigenvalue weighted by Crippen LogP contribution is -2.52. The van der Waals surface area contributed by atoms with Crippen LogP contribution < -0.4 is 5.32 Å². The summed E-state index contributed by atoms with van der Waals surface area (Å²) >= 11 is 0. The van der Waals surface area contributed by atoms with Gasteiger partial charge in [-0.05, 0) is 31.1 Å². The number of methoxy groups -OCH3 is 1. The Kier molecular flexibility index (Phi) is 4.86. The first-order valence-corrected chi connectivity index (χ1v) is 7.31. The fourth-order valence-corrected chi connectivity index (χ4v) is 2.80. The molecule has 0 aromatic heterocycles. The zero-order valence-electron chi connectivity index (χ0n) is 12.2. The molecule has 6 heteroatoms. The maximum absolute atomic E-state index is 12.3. The molecule has 0 spiro atoms. The molecule has 1 aliphatic heterocycles. The highest BCUT2D eigenvalue weighted by Crippen LogP contribution is 2.34. The Labute approximate surface area is 119 Å². The molecule has 0 aromatic rings. The van der Waals surface area contributed by atoms with Gasteiger partial charge in [-0.2, -0.15) is 0 Å². The summed E-state index contributed by atoms with van der Waals surface area (Å²) in [6.07, 6.45) is 3.01. The molecule has 2 N–H and O–H groups in total. The predicted molar refractivity (Wildman–Crippen MR) is 73.4 cm³/mol. The Morgan fingerprint density at radius 1 is 1.40 bits per heavy atom. The summed E-state index contributed by atoms with van der Waals surface area (Å²) in [5.41, 5.74) is 0. The molecule has 0 bridgehead atoms. The van der Waals surface area contributed by atoms with E-state index in [0.717, 1.165) is 19.3 Å². The molecule has 3 unspecified atom stereocenters. The van der Waals surface area contributed by atoms with Gasteiger partial charge in [0.2, 0.25) is 0 Å². The number of carbonyl (C=O) groups excluding carboxylic acids is 1. The molecule has 1 saturated carbocycles. The number of piperidine rings is 1. The van der Waals surface area contributed by atoms with Crippen molar-refractivity contribution in [3.63, 3.8) is 0 Å². The van der Waals surface area contributed by atoms with Gasteiger partial charge >= 0.3 is 12.0 Å². The molecule has 6 nitrogen and oxygen atoms in total. The predicted octanol–water partition coefficient (Wildman–Crippen LogP) is 1.31. The summed E-state index contributed by atoms with van der Waals surface area (Å²) in [6, 6.07) is -0.391. The second-order valence-corrected chi connectivity index (χ2v) is 5.98. The van der Waals surface area contributed by atoms with E-state index in [0.29, 0.717) is 24.9 Å². The van der Waals surface area contributed by atoms with E-state index in [-0.39, 0.29) is 24.6 Å². The van der Waals surface area contributed by atoms with Crippen molar-refractivity contribution in [1.82, 2.24) is 10.2 Å². The molecule has 1 aliphatic carbocycles. The van der Waals surface area contributed by atoms with E-state index in [1.54, 1.807) is 12.0 Å². The van der Waals surface area contributed by atoms with Gasteiger partial charge in [-0.3, -0.25) is 4.79 Å². The average Bonchev–Trinajstić information content (AvgIpc) is 3.22. The molecular weight excluding hydrogens is 260 g/mol. The number of carboxylic acids is 1. The molecule has 20 heavy (non-hydrogen) atoms. The molecule has 2 aliphatic rings. The highest BCUT2D eigenvalue weighted by atomic mass is 16.5. The minimum Gasteiger partial charge on any atom is -0.481 e. The highest BCUT2D eigenvalue weighted by molar-refractivity contribution is 5.76. The number of likely N-dealkylation sites (tertiary alicyclic amines) is 1. The van der Waals surface area contributed by atoms with Crippen molar-refractivity contribution in [2.45, 2.75) is 44.8 Å². The van der Waals surface area contributed by atoms with Crippen molar-refractivity contribution in [2.24, 2.45) is 11.8 Å². The maximum atomic E-state index is 12.3. The van der Waals surface area contributed by atoms with Crippen molar-refractivity contribution in [2.75, 3.05) is 20.2 Å². The lowest BCUT2D eigenvalue weighted by molar-refractivity contribution is -0.137. The van der Waals surface area contributed by atoms with Gasteiger partial charge in [-0.25, -0.2) is 4.79 Å². The topological polar surface area (TPSA) is 78.9 Å². The van der Waals surface area contributed by atoms with Crippen LogP contribution in [0.3, 0.4) is 0 Å². The van der Waals surface area contributed by atoms with Crippen LogP contribution in [-0.4, -0.2) is 54.4 Å². The SMILES string of the molecule is COC1CN(C(=O)NC(CC(=O)O)C2CC2)CCC1C. The van der Waals surface area contributed by atoms with Gasteiger partial charge in [0.15, 0.2) is 0 Å². The van der Waals surface area contributed by atoms with E-state index in [4.69, 9.17) is 9.84 Å². The molecule has 3 atom stereocenters. The molecule has 0 aromatic carbocycles. The van der Waals surface area contributed by atoms with Crippen LogP contribution in [-0.2, 0) is 9.53 Å². The largest absolute Gasteiger partial charge is 0.481 e. The van der Waals surface area contributed by atoms with E-state index < -0.39 is 5.97 Å². The van der Waals surface area contributed by atoms with Gasteiger partial charge in [0, 0.05) is 26.2 Å². The van der Waals surface area contributed by atoms with Gasteiger partial charge in [0.05, 0.1) is 12.5 Å². The number of carboxylic acid groups (broad SMARTS) is 1. The quantitative estimate of drug-likeness (QED) is 0.797. The Morgan fingerprint density at radius 3 is 2.65 bits per heavy atom. The number of hydrogen-bond acceptors (Lipinski definition) is 3. The van der Waals surface area contributed by atoms with E-state index in [1.807, 2.05) is 0 Å². The van der Waals surface area contributed by atoms with E-state index in [1.165, 1.54) is 0 Å². The van der Waals surface area contributed by atoms with E-state index >= 15 is 0 Å². The number of nitrogens with zero attached hydrogens (tertiary/aromatic N) is 1. The summed E-state index contributed by atoms with van der Waals surface area (Å²) in [5, 5.41) is 11.8. The monoisotopic (exact) mass is 284 g/mol. The van der Waals surface area contributed by atoms with Crippen LogP contribution in [0.15, 0.2) is 0 Å². The summed E-state index contributed by atoms with van der Waals surface area (Å²) in [6.45, 7) is 3.41. The first-order chi connectivity index (χ1) is 9.51. The minimum atomic E-state index is -0.857. The summed E-state index contributed by atoms with van der Waals surface area (Å²) in [4.78, 5) is 24.9. The Balaban J connectivity index is 1.88.